The van der Waals surface area contributed by atoms with Gasteiger partial charge in [-0.1, -0.05) is 13.3 Å². The van der Waals surface area contributed by atoms with Crippen molar-refractivity contribution in [3.63, 3.8) is 0 Å². The first-order valence-electron chi connectivity index (χ1n) is 7.60. The Morgan fingerprint density at radius 3 is 2.63 bits per heavy atom. The minimum Gasteiger partial charge on any atom is -0.368 e. The molecule has 19 heavy (non-hydrogen) atoms. The molecule has 1 amide bonds. The minimum atomic E-state index is -0.174. The van der Waals surface area contributed by atoms with Crippen molar-refractivity contribution in [2.45, 2.75) is 44.8 Å². The van der Waals surface area contributed by atoms with Crippen molar-refractivity contribution in [1.29, 1.82) is 0 Å². The SMILES string of the molecule is CCCC(CN)N1CCN(C(=O)C2CCCO2)CC1. The molecule has 2 fully saturated rings. The molecule has 5 heteroatoms. The second-order valence-electron chi connectivity index (χ2n) is 5.54. The maximum absolute atomic E-state index is 12.2. The molecule has 0 aliphatic carbocycles. The van der Waals surface area contributed by atoms with Gasteiger partial charge in [0.15, 0.2) is 0 Å². The van der Waals surface area contributed by atoms with E-state index in [1.807, 2.05) is 4.90 Å². The van der Waals surface area contributed by atoms with E-state index in [9.17, 15) is 4.79 Å². The molecular weight excluding hydrogens is 242 g/mol. The fourth-order valence-electron chi connectivity index (χ4n) is 3.07. The van der Waals surface area contributed by atoms with Crippen molar-refractivity contribution >= 4 is 5.91 Å². The molecule has 0 saturated carbocycles. The molecule has 2 heterocycles. The third kappa shape index (κ3) is 3.68. The van der Waals surface area contributed by atoms with E-state index in [1.54, 1.807) is 0 Å². The van der Waals surface area contributed by atoms with Gasteiger partial charge in [0.05, 0.1) is 0 Å². The minimum absolute atomic E-state index is 0.174. The summed E-state index contributed by atoms with van der Waals surface area (Å²) in [5, 5.41) is 0. The van der Waals surface area contributed by atoms with E-state index in [0.29, 0.717) is 12.6 Å². The number of rotatable bonds is 5. The van der Waals surface area contributed by atoms with Gasteiger partial charge in [-0.3, -0.25) is 9.69 Å². The molecule has 2 N–H and O–H groups in total. The average molecular weight is 269 g/mol. The van der Waals surface area contributed by atoms with Gasteiger partial charge < -0.3 is 15.4 Å². The smallest absolute Gasteiger partial charge is 0.251 e. The van der Waals surface area contributed by atoms with Crippen molar-refractivity contribution in [3.8, 4) is 0 Å². The van der Waals surface area contributed by atoms with E-state index in [4.69, 9.17) is 10.5 Å². The van der Waals surface area contributed by atoms with Gasteiger partial charge in [0, 0.05) is 45.4 Å². The summed E-state index contributed by atoms with van der Waals surface area (Å²) >= 11 is 0. The predicted octanol–water partition coefficient (Wildman–Crippen LogP) is 0.437. The summed E-state index contributed by atoms with van der Waals surface area (Å²) in [6.07, 6.45) is 4.04. The molecule has 0 aromatic rings. The summed E-state index contributed by atoms with van der Waals surface area (Å²) in [5.41, 5.74) is 5.84. The maximum atomic E-state index is 12.2. The Balaban J connectivity index is 1.79. The number of hydrogen-bond donors (Lipinski definition) is 1. The van der Waals surface area contributed by atoms with Crippen LogP contribution in [0.3, 0.4) is 0 Å². The Hall–Kier alpha value is -0.650. The molecule has 2 aliphatic rings. The molecule has 2 atom stereocenters. The van der Waals surface area contributed by atoms with Crippen molar-refractivity contribution in [3.05, 3.63) is 0 Å². The summed E-state index contributed by atoms with van der Waals surface area (Å²) in [6.45, 7) is 7.17. The number of nitrogens with two attached hydrogens (primary N) is 1. The Labute approximate surface area is 116 Å². The van der Waals surface area contributed by atoms with Crippen LogP contribution in [-0.2, 0) is 9.53 Å². The van der Waals surface area contributed by atoms with Crippen LogP contribution in [-0.4, -0.2) is 67.2 Å². The van der Waals surface area contributed by atoms with Crippen LogP contribution >= 0.6 is 0 Å². The maximum Gasteiger partial charge on any atom is 0.251 e. The summed E-state index contributed by atoms with van der Waals surface area (Å²) in [4.78, 5) is 16.6. The van der Waals surface area contributed by atoms with E-state index in [-0.39, 0.29) is 12.0 Å². The van der Waals surface area contributed by atoms with Gasteiger partial charge in [-0.25, -0.2) is 0 Å². The van der Waals surface area contributed by atoms with Gasteiger partial charge >= 0.3 is 0 Å². The average Bonchev–Trinajstić information content (AvgIpc) is 2.98. The van der Waals surface area contributed by atoms with E-state index >= 15 is 0 Å². The Morgan fingerprint density at radius 2 is 2.11 bits per heavy atom. The largest absolute Gasteiger partial charge is 0.368 e. The summed E-state index contributed by atoms with van der Waals surface area (Å²) in [6, 6.07) is 0.477. The molecule has 2 rings (SSSR count). The lowest BCUT2D eigenvalue weighted by atomic mass is 10.1. The Kier molecular flexibility index (Phi) is 5.60. The first kappa shape index (κ1) is 14.8. The molecule has 0 aromatic heterocycles. The monoisotopic (exact) mass is 269 g/mol. The lowest BCUT2D eigenvalue weighted by Gasteiger charge is -2.39. The van der Waals surface area contributed by atoms with Crippen LogP contribution in [0, 0.1) is 0 Å². The van der Waals surface area contributed by atoms with Gasteiger partial charge in [-0.2, -0.15) is 0 Å². The lowest BCUT2D eigenvalue weighted by Crippen LogP contribution is -2.55. The first-order valence-corrected chi connectivity index (χ1v) is 7.60. The van der Waals surface area contributed by atoms with Crippen molar-refractivity contribution in [2.75, 3.05) is 39.3 Å². The van der Waals surface area contributed by atoms with Crippen molar-refractivity contribution in [2.24, 2.45) is 5.73 Å². The fourth-order valence-corrected chi connectivity index (χ4v) is 3.07. The normalized spacial score (nSPS) is 26.6. The number of carbonyl (C=O) groups is 1. The molecule has 0 aromatic carbocycles. The zero-order chi connectivity index (χ0) is 13.7. The van der Waals surface area contributed by atoms with Gasteiger partial charge in [0.25, 0.3) is 5.91 Å². The molecule has 110 valence electrons. The third-order valence-corrected chi connectivity index (χ3v) is 4.24. The van der Waals surface area contributed by atoms with Crippen LogP contribution in [0.5, 0.6) is 0 Å². The number of amides is 1. The highest BCUT2D eigenvalue weighted by Gasteiger charge is 2.31. The first-order chi connectivity index (χ1) is 9.26. The molecule has 2 aliphatic heterocycles. The highest BCUT2D eigenvalue weighted by atomic mass is 16.5. The van der Waals surface area contributed by atoms with Crippen LogP contribution in [0.4, 0.5) is 0 Å². The number of carbonyl (C=O) groups excluding carboxylic acids is 1. The van der Waals surface area contributed by atoms with Crippen molar-refractivity contribution < 1.29 is 9.53 Å². The summed E-state index contributed by atoms with van der Waals surface area (Å²) in [5.74, 6) is 0.192. The number of hydrogen-bond acceptors (Lipinski definition) is 4. The van der Waals surface area contributed by atoms with E-state index in [2.05, 4.69) is 11.8 Å². The second-order valence-corrected chi connectivity index (χ2v) is 5.54. The molecule has 2 unspecified atom stereocenters. The highest BCUT2D eigenvalue weighted by molar-refractivity contribution is 5.81. The van der Waals surface area contributed by atoms with Gasteiger partial charge in [0.2, 0.25) is 0 Å². The highest BCUT2D eigenvalue weighted by Crippen LogP contribution is 2.17. The van der Waals surface area contributed by atoms with Gasteiger partial charge in [-0.15, -0.1) is 0 Å². The number of nitrogens with zero attached hydrogens (tertiary/aromatic N) is 2. The van der Waals surface area contributed by atoms with Crippen LogP contribution < -0.4 is 5.73 Å². The molecule has 0 spiro atoms. The van der Waals surface area contributed by atoms with E-state index in [1.165, 1.54) is 0 Å². The number of ether oxygens (including phenoxy) is 1. The van der Waals surface area contributed by atoms with Crippen LogP contribution in [0.1, 0.15) is 32.6 Å². The number of piperazine rings is 1. The molecule has 0 bridgehead atoms. The summed E-state index contributed by atoms with van der Waals surface area (Å²) < 4.78 is 5.48. The predicted molar refractivity (Wildman–Crippen MR) is 74.9 cm³/mol. The van der Waals surface area contributed by atoms with Crippen LogP contribution in [0.15, 0.2) is 0 Å². The topological polar surface area (TPSA) is 58.8 Å². The van der Waals surface area contributed by atoms with Gasteiger partial charge in [0.1, 0.15) is 6.10 Å². The molecule has 0 radical (unpaired) electrons. The van der Waals surface area contributed by atoms with Crippen LogP contribution in [0.2, 0.25) is 0 Å². The summed E-state index contributed by atoms with van der Waals surface area (Å²) in [7, 11) is 0. The Bertz CT molecular complexity index is 284. The van der Waals surface area contributed by atoms with Crippen molar-refractivity contribution in [1.82, 2.24) is 9.80 Å². The standard InChI is InChI=1S/C14H27N3O2/c1-2-4-12(11-15)16-6-8-17(9-7-16)14(18)13-5-3-10-19-13/h12-13H,2-11,15H2,1H3. The Morgan fingerprint density at radius 1 is 1.37 bits per heavy atom. The molecular formula is C14H27N3O2. The van der Waals surface area contributed by atoms with E-state index < -0.39 is 0 Å². The molecule has 5 nitrogen and oxygen atoms in total. The van der Waals surface area contributed by atoms with Gasteiger partial charge in [-0.05, 0) is 19.3 Å². The second kappa shape index (κ2) is 7.22. The quantitative estimate of drug-likeness (QED) is 0.786. The third-order valence-electron chi connectivity index (χ3n) is 4.24. The van der Waals surface area contributed by atoms with E-state index in [0.717, 1.165) is 58.5 Å². The lowest BCUT2D eigenvalue weighted by molar-refractivity contribution is -0.143. The zero-order valence-electron chi connectivity index (χ0n) is 12.0. The fraction of sp³-hybridized carbons (Fsp3) is 0.929. The molecule has 2 saturated heterocycles. The zero-order valence-corrected chi connectivity index (χ0v) is 12.0. The van der Waals surface area contributed by atoms with Crippen LogP contribution in [0.25, 0.3) is 0 Å².